The molecule has 1 aromatic heterocycles. The largest absolute Gasteiger partial charge is 0.494 e. The lowest BCUT2D eigenvalue weighted by atomic mass is 10.1. The van der Waals surface area contributed by atoms with Gasteiger partial charge in [-0.2, -0.15) is 0 Å². The van der Waals surface area contributed by atoms with E-state index >= 15 is 0 Å². The first-order valence-corrected chi connectivity index (χ1v) is 10.9. The van der Waals surface area contributed by atoms with Gasteiger partial charge in [0.15, 0.2) is 0 Å². The molecular formula is C23H20N2O6S. The van der Waals surface area contributed by atoms with E-state index in [0.717, 1.165) is 21.9 Å². The second-order valence-electron chi connectivity index (χ2n) is 7.06. The summed E-state index contributed by atoms with van der Waals surface area (Å²) < 4.78 is 12.2. The van der Waals surface area contributed by atoms with Crippen LogP contribution in [0, 0.1) is 6.92 Å². The second-order valence-corrected chi connectivity index (χ2v) is 7.88. The van der Waals surface area contributed by atoms with Gasteiger partial charge < -0.3 is 9.47 Å². The number of nitrogens with zero attached hydrogens (tertiary/aromatic N) is 2. The summed E-state index contributed by atoms with van der Waals surface area (Å²) in [5.74, 6) is -0.961. The summed E-state index contributed by atoms with van der Waals surface area (Å²) in [5, 5.41) is 1.74. The number of fused-ring (bicyclic) bond motifs is 1. The van der Waals surface area contributed by atoms with Gasteiger partial charge in [0.05, 0.1) is 35.5 Å². The third-order valence-corrected chi connectivity index (χ3v) is 5.93. The minimum absolute atomic E-state index is 0.0125. The Kier molecular flexibility index (Phi) is 5.91. The number of hydrogen-bond donors (Lipinski definition) is 0. The van der Waals surface area contributed by atoms with Crippen molar-refractivity contribution >= 4 is 34.8 Å². The minimum Gasteiger partial charge on any atom is -0.494 e. The Morgan fingerprint density at radius 2 is 1.72 bits per heavy atom. The minimum atomic E-state index is -0.631. The number of imide groups is 1. The molecule has 0 saturated heterocycles. The van der Waals surface area contributed by atoms with Crippen molar-refractivity contribution in [3.05, 3.63) is 79.9 Å². The molecule has 1 aliphatic heterocycles. The van der Waals surface area contributed by atoms with Crippen LogP contribution in [-0.2, 0) is 11.3 Å². The molecule has 9 heteroatoms. The Morgan fingerprint density at radius 3 is 2.38 bits per heavy atom. The summed E-state index contributed by atoms with van der Waals surface area (Å²) in [5.41, 5.74) is 1.74. The van der Waals surface area contributed by atoms with Crippen molar-refractivity contribution in [2.45, 2.75) is 20.4 Å². The van der Waals surface area contributed by atoms with Crippen LogP contribution in [0.15, 0.2) is 52.6 Å². The molecule has 0 spiro atoms. The molecular weight excluding hydrogens is 432 g/mol. The molecule has 8 nitrogen and oxygen atoms in total. The fourth-order valence-corrected chi connectivity index (χ4v) is 4.21. The Bertz CT molecular complexity index is 1260. The first-order chi connectivity index (χ1) is 15.4. The zero-order valence-electron chi connectivity index (χ0n) is 17.5. The van der Waals surface area contributed by atoms with Gasteiger partial charge in [0, 0.05) is 11.1 Å². The monoisotopic (exact) mass is 452 g/mol. The van der Waals surface area contributed by atoms with Gasteiger partial charge in [0.2, 0.25) is 0 Å². The maximum atomic E-state index is 12.9. The number of carbonyl (C=O) groups is 3. The summed E-state index contributed by atoms with van der Waals surface area (Å²) in [7, 11) is 0. The van der Waals surface area contributed by atoms with Crippen molar-refractivity contribution in [2.24, 2.45) is 0 Å². The van der Waals surface area contributed by atoms with Crippen LogP contribution in [-0.4, -0.2) is 35.6 Å². The zero-order valence-corrected chi connectivity index (χ0v) is 18.3. The molecule has 32 heavy (non-hydrogen) atoms. The first kappa shape index (κ1) is 21.5. The van der Waals surface area contributed by atoms with E-state index in [1.807, 2.05) is 6.92 Å². The Balaban J connectivity index is 1.48. The van der Waals surface area contributed by atoms with Gasteiger partial charge in [-0.25, -0.2) is 9.69 Å². The molecule has 0 N–H and O–H groups in total. The zero-order chi connectivity index (χ0) is 22.8. The van der Waals surface area contributed by atoms with E-state index in [1.165, 1.54) is 22.8 Å². The number of aromatic nitrogens is 1. The van der Waals surface area contributed by atoms with Gasteiger partial charge >= 0.3 is 10.8 Å². The molecule has 164 valence electrons. The fraction of sp³-hybridized carbons (Fsp3) is 0.217. The Labute approximate surface area is 187 Å². The van der Waals surface area contributed by atoms with Crippen LogP contribution in [0.1, 0.15) is 43.7 Å². The highest BCUT2D eigenvalue weighted by Crippen LogP contribution is 2.30. The SMILES string of the molecule is CCOc1ccc(N2C(=O)c3ccc(C(=O)OCCn4c(C)csc4=O)cc3C2=O)cc1. The molecule has 0 fully saturated rings. The van der Waals surface area contributed by atoms with Gasteiger partial charge in [-0.1, -0.05) is 11.3 Å². The van der Waals surface area contributed by atoms with Gasteiger partial charge in [-0.3, -0.25) is 19.0 Å². The summed E-state index contributed by atoms with van der Waals surface area (Å²) >= 11 is 1.09. The van der Waals surface area contributed by atoms with Crippen molar-refractivity contribution < 1.29 is 23.9 Å². The maximum Gasteiger partial charge on any atom is 0.338 e. The van der Waals surface area contributed by atoms with Crippen LogP contribution in [0.2, 0.25) is 0 Å². The molecule has 0 bridgehead atoms. The molecule has 4 rings (SSSR count). The molecule has 2 aromatic carbocycles. The average Bonchev–Trinajstić information content (AvgIpc) is 3.24. The number of anilines is 1. The van der Waals surface area contributed by atoms with Gasteiger partial charge in [0.25, 0.3) is 11.8 Å². The van der Waals surface area contributed by atoms with Crippen LogP contribution < -0.4 is 14.5 Å². The highest BCUT2D eigenvalue weighted by atomic mass is 32.1. The lowest BCUT2D eigenvalue weighted by molar-refractivity contribution is 0.0490. The predicted octanol–water partition coefficient (Wildman–Crippen LogP) is 3.27. The van der Waals surface area contributed by atoms with E-state index in [9.17, 15) is 19.2 Å². The number of hydrogen-bond acceptors (Lipinski definition) is 7. The quantitative estimate of drug-likeness (QED) is 0.403. The van der Waals surface area contributed by atoms with Crippen LogP contribution >= 0.6 is 11.3 Å². The summed E-state index contributed by atoms with van der Waals surface area (Å²) in [6, 6.07) is 10.9. The topological polar surface area (TPSA) is 94.9 Å². The fourth-order valence-electron chi connectivity index (χ4n) is 3.45. The van der Waals surface area contributed by atoms with Crippen LogP contribution in [0.25, 0.3) is 0 Å². The number of rotatable bonds is 7. The Morgan fingerprint density at radius 1 is 1.00 bits per heavy atom. The smallest absolute Gasteiger partial charge is 0.338 e. The van der Waals surface area contributed by atoms with Gasteiger partial charge in [-0.15, -0.1) is 0 Å². The number of carbonyl (C=O) groups excluding carboxylic acids is 3. The van der Waals surface area contributed by atoms with Crippen molar-refractivity contribution in [2.75, 3.05) is 18.1 Å². The molecule has 3 aromatic rings. The molecule has 0 atom stereocenters. The normalized spacial score (nSPS) is 12.8. The summed E-state index contributed by atoms with van der Waals surface area (Å²) in [6.07, 6.45) is 0. The summed E-state index contributed by atoms with van der Waals surface area (Å²) in [4.78, 5) is 50.9. The van der Waals surface area contributed by atoms with Crippen molar-refractivity contribution in [1.82, 2.24) is 4.57 Å². The molecule has 0 radical (unpaired) electrons. The molecule has 1 aliphatic rings. The van der Waals surface area contributed by atoms with Crippen molar-refractivity contribution in [3.63, 3.8) is 0 Å². The van der Waals surface area contributed by atoms with Crippen molar-refractivity contribution in [3.8, 4) is 5.75 Å². The highest BCUT2D eigenvalue weighted by molar-refractivity contribution is 7.07. The highest BCUT2D eigenvalue weighted by Gasteiger charge is 2.37. The van der Waals surface area contributed by atoms with Crippen molar-refractivity contribution in [1.29, 1.82) is 0 Å². The average molecular weight is 452 g/mol. The second kappa shape index (κ2) is 8.80. The molecule has 2 heterocycles. The maximum absolute atomic E-state index is 12.9. The molecule has 0 unspecified atom stereocenters. The van der Waals surface area contributed by atoms with E-state index < -0.39 is 17.8 Å². The van der Waals surface area contributed by atoms with E-state index in [1.54, 1.807) is 36.6 Å². The van der Waals surface area contributed by atoms with Crippen LogP contribution in [0.5, 0.6) is 5.75 Å². The molecule has 2 amide bonds. The standard InChI is InChI=1S/C23H20N2O6S/c1-3-30-17-7-5-16(6-8-17)25-20(26)18-9-4-15(12-19(18)21(25)27)22(28)31-11-10-24-14(2)13-32-23(24)29/h4-9,12-13H,3,10-11H2,1-2H3. The van der Waals surface area contributed by atoms with E-state index in [2.05, 4.69) is 0 Å². The number of aryl methyl sites for hydroxylation is 1. The number of benzene rings is 2. The predicted molar refractivity (Wildman–Crippen MR) is 119 cm³/mol. The van der Waals surface area contributed by atoms with E-state index in [-0.39, 0.29) is 34.7 Å². The number of amides is 2. The third kappa shape index (κ3) is 3.94. The molecule has 0 saturated carbocycles. The number of esters is 1. The Hall–Kier alpha value is -3.72. The lowest BCUT2D eigenvalue weighted by Gasteiger charge is -2.14. The number of thiazole rings is 1. The summed E-state index contributed by atoms with van der Waals surface area (Å²) in [6.45, 7) is 4.43. The third-order valence-electron chi connectivity index (χ3n) is 5.05. The van der Waals surface area contributed by atoms with Crippen LogP contribution in [0.3, 0.4) is 0 Å². The van der Waals surface area contributed by atoms with E-state index in [0.29, 0.717) is 18.0 Å². The number of ether oxygens (including phenoxy) is 2. The molecule has 0 aliphatic carbocycles. The van der Waals surface area contributed by atoms with Gasteiger partial charge in [0.1, 0.15) is 12.4 Å². The lowest BCUT2D eigenvalue weighted by Crippen LogP contribution is -2.29. The van der Waals surface area contributed by atoms with Crippen LogP contribution in [0.4, 0.5) is 5.69 Å². The first-order valence-electron chi connectivity index (χ1n) is 9.98. The van der Waals surface area contributed by atoms with Gasteiger partial charge in [-0.05, 0) is 56.3 Å². The van der Waals surface area contributed by atoms with E-state index in [4.69, 9.17) is 9.47 Å².